The lowest BCUT2D eigenvalue weighted by molar-refractivity contribution is -0.140. The fraction of sp³-hybridized carbons (Fsp3) is 0.500. The van der Waals surface area contributed by atoms with Gasteiger partial charge >= 0.3 is 0 Å². The first kappa shape index (κ1) is 15.9. The Kier molecular flexibility index (Phi) is 5.66. The highest BCUT2D eigenvalue weighted by Crippen LogP contribution is 2.16. The van der Waals surface area contributed by atoms with E-state index in [-0.39, 0.29) is 18.1 Å². The van der Waals surface area contributed by atoms with Gasteiger partial charge in [0.15, 0.2) is 0 Å². The minimum atomic E-state index is 0.112. The number of morpholine rings is 1. The van der Waals surface area contributed by atoms with Crippen LogP contribution in [-0.4, -0.2) is 41.9 Å². The maximum atomic E-state index is 12.2. The molecule has 5 heteroatoms. The molecule has 1 aliphatic heterocycles. The predicted molar refractivity (Wildman–Crippen MR) is 83.9 cm³/mol. The highest BCUT2D eigenvalue weighted by atomic mass is 32.2. The normalized spacial score (nSPS) is 21.9. The molecule has 0 N–H and O–H groups in total. The first-order valence-electron chi connectivity index (χ1n) is 7.08. The molecule has 1 aromatic rings. The zero-order valence-electron chi connectivity index (χ0n) is 12.4. The molecule has 1 aromatic carbocycles. The maximum Gasteiger partial charge on any atom is 0.232 e. The van der Waals surface area contributed by atoms with Crippen molar-refractivity contribution < 1.29 is 9.53 Å². The average Bonchev–Trinajstić information content (AvgIpc) is 2.47. The number of nitrogens with zero attached hydrogens (tertiary/aromatic N) is 2. The van der Waals surface area contributed by atoms with E-state index in [1.54, 1.807) is 11.8 Å². The summed E-state index contributed by atoms with van der Waals surface area (Å²) >= 11 is 1.61. The van der Waals surface area contributed by atoms with Crippen LogP contribution in [0.25, 0.3) is 0 Å². The molecular formula is C16H20N2O2S. The molecular weight excluding hydrogens is 284 g/mol. The number of carbonyl (C=O) groups excluding carboxylic acids is 1. The first-order valence-corrected chi connectivity index (χ1v) is 8.24. The molecule has 1 heterocycles. The molecule has 0 saturated carbocycles. The third-order valence-corrected chi connectivity index (χ3v) is 4.34. The van der Waals surface area contributed by atoms with Gasteiger partial charge in [-0.1, -0.05) is 12.1 Å². The molecule has 2 rings (SSSR count). The van der Waals surface area contributed by atoms with Crippen LogP contribution in [0.5, 0.6) is 0 Å². The third kappa shape index (κ3) is 4.76. The second-order valence-electron chi connectivity index (χ2n) is 5.36. The van der Waals surface area contributed by atoms with Crippen LogP contribution < -0.4 is 0 Å². The van der Waals surface area contributed by atoms with Crippen LogP contribution in [0.4, 0.5) is 0 Å². The molecule has 21 heavy (non-hydrogen) atoms. The fourth-order valence-corrected chi connectivity index (χ4v) is 3.29. The zero-order chi connectivity index (χ0) is 15.2. The van der Waals surface area contributed by atoms with E-state index in [0.717, 1.165) is 11.3 Å². The van der Waals surface area contributed by atoms with Gasteiger partial charge < -0.3 is 9.64 Å². The van der Waals surface area contributed by atoms with E-state index in [2.05, 4.69) is 6.07 Å². The van der Waals surface area contributed by atoms with Crippen molar-refractivity contribution in [3.05, 3.63) is 35.4 Å². The van der Waals surface area contributed by atoms with Crippen LogP contribution in [0.1, 0.15) is 25.0 Å². The Morgan fingerprint density at radius 3 is 2.52 bits per heavy atom. The van der Waals surface area contributed by atoms with Gasteiger partial charge in [-0.25, -0.2) is 0 Å². The zero-order valence-corrected chi connectivity index (χ0v) is 13.2. The summed E-state index contributed by atoms with van der Waals surface area (Å²) in [6, 6.07) is 9.60. The molecule has 0 aromatic heterocycles. The van der Waals surface area contributed by atoms with Gasteiger partial charge in [0, 0.05) is 18.8 Å². The Labute approximate surface area is 130 Å². The quantitative estimate of drug-likeness (QED) is 0.857. The number of amides is 1. The lowest BCUT2D eigenvalue weighted by atomic mass is 10.2. The monoisotopic (exact) mass is 304 g/mol. The van der Waals surface area contributed by atoms with Crippen molar-refractivity contribution >= 4 is 17.7 Å². The van der Waals surface area contributed by atoms with E-state index in [9.17, 15) is 4.79 Å². The molecule has 0 bridgehead atoms. The van der Waals surface area contributed by atoms with E-state index < -0.39 is 0 Å². The van der Waals surface area contributed by atoms with Crippen molar-refractivity contribution in [2.24, 2.45) is 0 Å². The highest BCUT2D eigenvalue weighted by molar-refractivity contribution is 7.99. The molecule has 1 aliphatic rings. The van der Waals surface area contributed by atoms with Gasteiger partial charge in [0.25, 0.3) is 0 Å². The molecule has 1 amide bonds. The van der Waals surface area contributed by atoms with Gasteiger partial charge in [-0.3, -0.25) is 4.79 Å². The number of hydrogen-bond donors (Lipinski definition) is 0. The smallest absolute Gasteiger partial charge is 0.232 e. The standard InChI is InChI=1S/C16H20N2O2S/c1-12-8-18(9-13(2)20-12)16(19)11-21-10-15-5-3-14(7-17)4-6-15/h3-6,12-13H,8-11H2,1-2H3. The fourth-order valence-electron chi connectivity index (χ4n) is 2.40. The van der Waals surface area contributed by atoms with E-state index in [0.29, 0.717) is 24.4 Å². The van der Waals surface area contributed by atoms with E-state index >= 15 is 0 Å². The molecule has 0 radical (unpaired) electrons. The van der Waals surface area contributed by atoms with E-state index in [1.807, 2.05) is 43.0 Å². The average molecular weight is 304 g/mol. The van der Waals surface area contributed by atoms with Gasteiger partial charge in [0.1, 0.15) is 0 Å². The van der Waals surface area contributed by atoms with Crippen molar-refractivity contribution in [2.75, 3.05) is 18.8 Å². The number of carbonyl (C=O) groups is 1. The van der Waals surface area contributed by atoms with Gasteiger partial charge in [-0.05, 0) is 31.5 Å². The molecule has 0 spiro atoms. The molecule has 1 saturated heterocycles. The van der Waals surface area contributed by atoms with Crippen molar-refractivity contribution in [3.63, 3.8) is 0 Å². The molecule has 1 fully saturated rings. The van der Waals surface area contributed by atoms with Crippen LogP contribution in [0.3, 0.4) is 0 Å². The summed E-state index contributed by atoms with van der Waals surface area (Å²) in [6.07, 6.45) is 0.224. The Balaban J connectivity index is 1.77. The van der Waals surface area contributed by atoms with Gasteiger partial charge in [0.2, 0.25) is 5.91 Å². The summed E-state index contributed by atoms with van der Waals surface area (Å²) in [5, 5.41) is 8.75. The number of hydrogen-bond acceptors (Lipinski definition) is 4. The molecule has 0 aliphatic carbocycles. The first-order chi connectivity index (χ1) is 10.1. The summed E-state index contributed by atoms with van der Waals surface area (Å²) < 4.78 is 5.64. The Hall–Kier alpha value is -1.51. The number of nitriles is 1. The number of rotatable bonds is 4. The lowest BCUT2D eigenvalue weighted by Crippen LogP contribution is -2.48. The Bertz CT molecular complexity index is 514. The maximum absolute atomic E-state index is 12.2. The minimum absolute atomic E-state index is 0.112. The topological polar surface area (TPSA) is 53.3 Å². The van der Waals surface area contributed by atoms with Crippen molar-refractivity contribution in [3.8, 4) is 6.07 Å². The Morgan fingerprint density at radius 2 is 1.95 bits per heavy atom. The summed E-state index contributed by atoms with van der Waals surface area (Å²) in [5.41, 5.74) is 1.80. The van der Waals surface area contributed by atoms with Crippen LogP contribution in [0.15, 0.2) is 24.3 Å². The molecule has 2 atom stereocenters. The number of thioether (sulfide) groups is 1. The largest absolute Gasteiger partial charge is 0.372 e. The summed E-state index contributed by atoms with van der Waals surface area (Å²) in [5.74, 6) is 1.45. The van der Waals surface area contributed by atoms with Gasteiger partial charge in [-0.15, -0.1) is 11.8 Å². The molecule has 2 unspecified atom stereocenters. The van der Waals surface area contributed by atoms with E-state index in [1.165, 1.54) is 0 Å². The molecule has 4 nitrogen and oxygen atoms in total. The summed E-state index contributed by atoms with van der Waals surface area (Å²) in [7, 11) is 0. The lowest BCUT2D eigenvalue weighted by Gasteiger charge is -2.35. The van der Waals surface area contributed by atoms with Crippen LogP contribution in [0, 0.1) is 11.3 Å². The SMILES string of the molecule is CC1CN(C(=O)CSCc2ccc(C#N)cc2)CC(C)O1. The van der Waals surface area contributed by atoms with E-state index in [4.69, 9.17) is 10.00 Å². The minimum Gasteiger partial charge on any atom is -0.372 e. The summed E-state index contributed by atoms with van der Waals surface area (Å²) in [6.45, 7) is 5.36. The summed E-state index contributed by atoms with van der Waals surface area (Å²) in [4.78, 5) is 14.1. The Morgan fingerprint density at radius 1 is 1.33 bits per heavy atom. The van der Waals surface area contributed by atoms with Crippen LogP contribution in [0.2, 0.25) is 0 Å². The van der Waals surface area contributed by atoms with Crippen LogP contribution in [-0.2, 0) is 15.3 Å². The number of ether oxygens (including phenoxy) is 1. The van der Waals surface area contributed by atoms with Crippen molar-refractivity contribution in [2.45, 2.75) is 31.8 Å². The van der Waals surface area contributed by atoms with Gasteiger partial charge in [-0.2, -0.15) is 5.26 Å². The second kappa shape index (κ2) is 7.48. The van der Waals surface area contributed by atoms with Crippen molar-refractivity contribution in [1.29, 1.82) is 5.26 Å². The molecule has 112 valence electrons. The number of benzene rings is 1. The van der Waals surface area contributed by atoms with Crippen LogP contribution >= 0.6 is 11.8 Å². The highest BCUT2D eigenvalue weighted by Gasteiger charge is 2.25. The van der Waals surface area contributed by atoms with Gasteiger partial charge in [0.05, 0.1) is 29.6 Å². The third-order valence-electron chi connectivity index (χ3n) is 3.35. The predicted octanol–water partition coefficient (Wildman–Crippen LogP) is 2.43. The van der Waals surface area contributed by atoms with Crippen molar-refractivity contribution in [1.82, 2.24) is 4.90 Å². The second-order valence-corrected chi connectivity index (χ2v) is 6.34.